The van der Waals surface area contributed by atoms with Crippen LogP contribution in [0, 0.1) is 11.3 Å². The van der Waals surface area contributed by atoms with Gasteiger partial charge in [0.1, 0.15) is 0 Å². The zero-order valence-corrected chi connectivity index (χ0v) is 16.8. The molecule has 1 fully saturated rings. The average Bonchev–Trinajstić information content (AvgIpc) is 2.86. The number of benzene rings is 1. The van der Waals surface area contributed by atoms with Crippen LogP contribution in [-0.4, -0.2) is 50.2 Å². The maximum absolute atomic E-state index is 12.7. The Labute approximate surface area is 162 Å². The molecule has 0 aromatic heterocycles. The summed E-state index contributed by atoms with van der Waals surface area (Å²) in [6.07, 6.45) is 1.93. The number of carbonyl (C=O) groups is 1. The van der Waals surface area contributed by atoms with Crippen molar-refractivity contribution < 1.29 is 14.3 Å². The summed E-state index contributed by atoms with van der Waals surface area (Å²) >= 11 is 0. The van der Waals surface area contributed by atoms with E-state index in [9.17, 15) is 4.79 Å². The molecule has 0 saturated carbocycles. The van der Waals surface area contributed by atoms with Gasteiger partial charge in [-0.25, -0.2) is 0 Å². The molecule has 150 valence electrons. The van der Waals surface area contributed by atoms with E-state index in [0.29, 0.717) is 26.3 Å². The summed E-state index contributed by atoms with van der Waals surface area (Å²) in [6, 6.07) is 5.93. The molecule has 2 heterocycles. The first-order valence-corrected chi connectivity index (χ1v) is 10.0. The Morgan fingerprint density at radius 2 is 2.04 bits per heavy atom. The number of hydrogen-bond acceptors (Lipinski definition) is 5. The minimum Gasteiger partial charge on any atom is -0.490 e. The Hall–Kier alpha value is -1.79. The lowest BCUT2D eigenvalue weighted by Gasteiger charge is -2.26. The highest BCUT2D eigenvalue weighted by Gasteiger charge is 2.33. The van der Waals surface area contributed by atoms with Gasteiger partial charge in [-0.1, -0.05) is 26.8 Å². The first-order chi connectivity index (χ1) is 12.9. The van der Waals surface area contributed by atoms with Crippen molar-refractivity contribution in [3.8, 4) is 11.5 Å². The molecule has 2 atom stereocenters. The summed E-state index contributed by atoms with van der Waals surface area (Å²) in [6.45, 7) is 10.7. The van der Waals surface area contributed by atoms with Crippen molar-refractivity contribution in [2.45, 2.75) is 39.7 Å². The first kappa shape index (κ1) is 20.0. The Morgan fingerprint density at radius 1 is 1.30 bits per heavy atom. The second-order valence-corrected chi connectivity index (χ2v) is 8.52. The number of nitrogens with two attached hydrogens (primary N) is 1. The van der Waals surface area contributed by atoms with Crippen LogP contribution in [0.5, 0.6) is 11.5 Å². The molecule has 0 spiro atoms. The summed E-state index contributed by atoms with van der Waals surface area (Å²) in [4.78, 5) is 14.9. The molecule has 1 aromatic rings. The molecule has 1 aromatic carbocycles. The summed E-state index contributed by atoms with van der Waals surface area (Å²) < 4.78 is 11.5. The Kier molecular flexibility index (Phi) is 6.27. The van der Waals surface area contributed by atoms with E-state index in [2.05, 4.69) is 31.0 Å². The van der Waals surface area contributed by atoms with Gasteiger partial charge in [-0.05, 0) is 48.5 Å². The highest BCUT2D eigenvalue weighted by molar-refractivity contribution is 5.78. The van der Waals surface area contributed by atoms with Crippen LogP contribution < -0.4 is 20.5 Å². The predicted octanol–water partition coefficient (Wildman–Crippen LogP) is 2.33. The number of nitrogens with zero attached hydrogens (tertiary/aromatic N) is 1. The predicted molar refractivity (Wildman–Crippen MR) is 106 cm³/mol. The van der Waals surface area contributed by atoms with E-state index in [-0.39, 0.29) is 23.3 Å². The van der Waals surface area contributed by atoms with Gasteiger partial charge in [0, 0.05) is 13.0 Å². The minimum atomic E-state index is -0.0573. The topological polar surface area (TPSA) is 76.8 Å². The zero-order chi connectivity index (χ0) is 19.4. The smallest absolute Gasteiger partial charge is 0.234 e. The van der Waals surface area contributed by atoms with Crippen molar-refractivity contribution in [3.05, 3.63) is 23.8 Å². The summed E-state index contributed by atoms with van der Waals surface area (Å²) in [7, 11) is 0. The standard InChI is InChI=1S/C21H33N3O3/c1-15(2)20(16-5-6-17-18(11-16)27-10-4-9-26-17)23-19(25)12-24-8-7-21(3,13-22)14-24/h5-6,11,15,20H,4,7-10,12-14,22H2,1-3H3,(H,23,25). The number of ether oxygens (including phenoxy) is 2. The van der Waals surface area contributed by atoms with Crippen molar-refractivity contribution >= 4 is 5.91 Å². The van der Waals surface area contributed by atoms with Crippen LogP contribution in [-0.2, 0) is 4.79 Å². The zero-order valence-electron chi connectivity index (χ0n) is 16.8. The van der Waals surface area contributed by atoms with Crippen LogP contribution in [0.15, 0.2) is 18.2 Å². The highest BCUT2D eigenvalue weighted by atomic mass is 16.5. The average molecular weight is 376 g/mol. The van der Waals surface area contributed by atoms with Gasteiger partial charge in [-0.15, -0.1) is 0 Å². The van der Waals surface area contributed by atoms with Gasteiger partial charge in [0.2, 0.25) is 5.91 Å². The summed E-state index contributed by atoms with van der Waals surface area (Å²) in [5.74, 6) is 1.88. The normalized spacial score (nSPS) is 23.9. The van der Waals surface area contributed by atoms with Gasteiger partial charge in [-0.2, -0.15) is 0 Å². The van der Waals surface area contributed by atoms with Gasteiger partial charge in [0.15, 0.2) is 11.5 Å². The van der Waals surface area contributed by atoms with Crippen LogP contribution in [0.3, 0.4) is 0 Å². The molecule has 6 nitrogen and oxygen atoms in total. The van der Waals surface area contributed by atoms with E-state index < -0.39 is 0 Å². The second-order valence-electron chi connectivity index (χ2n) is 8.52. The van der Waals surface area contributed by atoms with Crippen molar-refractivity contribution in [1.29, 1.82) is 0 Å². The highest BCUT2D eigenvalue weighted by Crippen LogP contribution is 2.34. The largest absolute Gasteiger partial charge is 0.490 e. The fourth-order valence-corrected chi connectivity index (χ4v) is 3.86. The van der Waals surface area contributed by atoms with Gasteiger partial charge >= 0.3 is 0 Å². The molecule has 2 unspecified atom stereocenters. The number of hydrogen-bond donors (Lipinski definition) is 2. The number of fused-ring (bicyclic) bond motifs is 1. The maximum atomic E-state index is 12.7. The van der Waals surface area contributed by atoms with E-state index in [1.54, 1.807) is 0 Å². The molecular weight excluding hydrogens is 342 g/mol. The molecule has 0 radical (unpaired) electrons. The molecule has 0 bridgehead atoms. The monoisotopic (exact) mass is 375 g/mol. The third-order valence-electron chi connectivity index (χ3n) is 5.61. The lowest BCUT2D eigenvalue weighted by molar-refractivity contribution is -0.123. The molecule has 3 N–H and O–H groups in total. The van der Waals surface area contributed by atoms with Gasteiger partial charge in [-0.3, -0.25) is 9.69 Å². The molecule has 0 aliphatic carbocycles. The molecule has 1 amide bonds. The van der Waals surface area contributed by atoms with Crippen LogP contribution in [0.25, 0.3) is 0 Å². The van der Waals surface area contributed by atoms with E-state index >= 15 is 0 Å². The van der Waals surface area contributed by atoms with Crippen molar-refractivity contribution in [1.82, 2.24) is 10.2 Å². The molecule has 1 saturated heterocycles. The lowest BCUT2D eigenvalue weighted by atomic mass is 9.90. The van der Waals surface area contributed by atoms with E-state index in [1.165, 1.54) is 0 Å². The minimum absolute atomic E-state index is 0.0573. The molecule has 27 heavy (non-hydrogen) atoms. The molecule has 6 heteroatoms. The third kappa shape index (κ3) is 4.93. The van der Waals surface area contributed by atoms with Crippen LogP contribution in [0.1, 0.15) is 45.2 Å². The van der Waals surface area contributed by atoms with E-state index in [0.717, 1.165) is 43.0 Å². The van der Waals surface area contributed by atoms with Crippen molar-refractivity contribution in [2.24, 2.45) is 17.1 Å². The van der Waals surface area contributed by atoms with Crippen molar-refractivity contribution in [2.75, 3.05) is 39.4 Å². The third-order valence-corrected chi connectivity index (χ3v) is 5.61. The van der Waals surface area contributed by atoms with Crippen LogP contribution in [0.2, 0.25) is 0 Å². The van der Waals surface area contributed by atoms with Gasteiger partial charge in [0.25, 0.3) is 0 Å². The SMILES string of the molecule is CC(C)C(NC(=O)CN1CCC(C)(CN)C1)c1ccc2c(c1)OCCCO2. The number of rotatable bonds is 6. The van der Waals surface area contributed by atoms with Crippen LogP contribution >= 0.6 is 0 Å². The van der Waals surface area contributed by atoms with E-state index in [1.807, 2.05) is 18.2 Å². The van der Waals surface area contributed by atoms with Crippen LogP contribution in [0.4, 0.5) is 0 Å². The number of amides is 1. The number of nitrogens with one attached hydrogen (secondary N) is 1. The molecule has 2 aliphatic heterocycles. The quantitative estimate of drug-likeness (QED) is 0.798. The number of likely N-dealkylation sites (tertiary alicyclic amines) is 1. The Bertz CT molecular complexity index is 664. The van der Waals surface area contributed by atoms with Crippen molar-refractivity contribution in [3.63, 3.8) is 0 Å². The second kappa shape index (κ2) is 8.48. The van der Waals surface area contributed by atoms with Gasteiger partial charge < -0.3 is 20.5 Å². The van der Waals surface area contributed by atoms with E-state index in [4.69, 9.17) is 15.2 Å². The first-order valence-electron chi connectivity index (χ1n) is 10.0. The summed E-state index contributed by atoms with van der Waals surface area (Å²) in [5.41, 5.74) is 7.06. The molecular formula is C21H33N3O3. The molecule has 2 aliphatic rings. The Morgan fingerprint density at radius 3 is 2.70 bits per heavy atom. The maximum Gasteiger partial charge on any atom is 0.234 e. The molecule has 3 rings (SSSR count). The van der Waals surface area contributed by atoms with Gasteiger partial charge in [0.05, 0.1) is 25.8 Å². The number of carbonyl (C=O) groups excluding carboxylic acids is 1. The summed E-state index contributed by atoms with van der Waals surface area (Å²) in [5, 5.41) is 3.22. The fraction of sp³-hybridized carbons (Fsp3) is 0.667. The lowest BCUT2D eigenvalue weighted by Crippen LogP contribution is -2.40. The Balaban J connectivity index is 1.66. The fourth-order valence-electron chi connectivity index (χ4n) is 3.86.